The zero-order chi connectivity index (χ0) is 11.0. The van der Waals surface area contributed by atoms with Crippen LogP contribution >= 0.6 is 23.2 Å². The Bertz CT molecular complexity index is 349. The molecule has 0 unspecified atom stereocenters. The summed E-state index contributed by atoms with van der Waals surface area (Å²) in [6.45, 7) is 3.33. The number of aromatic hydroxyl groups is 1. The smallest absolute Gasteiger partial charge is 0.187 e. The van der Waals surface area contributed by atoms with Crippen LogP contribution in [0.25, 0.3) is 0 Å². The van der Waals surface area contributed by atoms with Crippen LogP contribution in [0.15, 0.2) is 0 Å². The van der Waals surface area contributed by atoms with Gasteiger partial charge < -0.3 is 5.11 Å². The largest absolute Gasteiger partial charge is 0.504 e. The van der Waals surface area contributed by atoms with Gasteiger partial charge in [-0.05, 0) is 5.92 Å². The van der Waals surface area contributed by atoms with Crippen LogP contribution in [0.1, 0.15) is 25.3 Å². The molecule has 78 valence electrons. The first-order chi connectivity index (χ1) is 6.37. The molecule has 1 aromatic rings. The fourth-order valence-corrected chi connectivity index (χ4v) is 1.72. The lowest BCUT2D eigenvalue weighted by atomic mass is 10.0. The minimum absolute atomic E-state index is 0.0237. The normalized spacial score (nSPS) is 11.1. The molecule has 0 radical (unpaired) electrons. The van der Waals surface area contributed by atoms with Gasteiger partial charge in [0.2, 0.25) is 0 Å². The highest BCUT2D eigenvalue weighted by atomic mass is 35.5. The molecule has 0 fully saturated rings. The molecule has 1 aromatic carbocycles. The highest BCUT2D eigenvalue weighted by molar-refractivity contribution is 6.35. The molecule has 1 N–H and O–H groups in total. The molecule has 0 heterocycles. The predicted molar refractivity (Wildman–Crippen MR) is 52.1 cm³/mol. The standard InChI is InChI=1S/C9H8Cl2F2O/c1-3(2)4-5(10)9(14)8(13)6(11)7(4)12/h3,14H,1-2H3. The van der Waals surface area contributed by atoms with Crippen LogP contribution in [0.4, 0.5) is 8.78 Å². The zero-order valence-electron chi connectivity index (χ0n) is 7.54. The van der Waals surface area contributed by atoms with Gasteiger partial charge in [0.15, 0.2) is 11.6 Å². The molecule has 0 spiro atoms. The average Bonchev–Trinajstić information content (AvgIpc) is 2.11. The molecule has 14 heavy (non-hydrogen) atoms. The van der Waals surface area contributed by atoms with Crippen LogP contribution in [-0.4, -0.2) is 5.11 Å². The van der Waals surface area contributed by atoms with Crippen molar-refractivity contribution in [1.82, 2.24) is 0 Å². The topological polar surface area (TPSA) is 20.2 Å². The lowest BCUT2D eigenvalue weighted by molar-refractivity contribution is 0.425. The third-order valence-electron chi connectivity index (χ3n) is 1.85. The van der Waals surface area contributed by atoms with Crippen molar-refractivity contribution < 1.29 is 13.9 Å². The van der Waals surface area contributed by atoms with E-state index in [-0.39, 0.29) is 16.5 Å². The number of hydrogen-bond donors (Lipinski definition) is 1. The number of phenolic OH excluding ortho intramolecular Hbond substituents is 1. The number of hydrogen-bond acceptors (Lipinski definition) is 1. The molecular weight excluding hydrogens is 233 g/mol. The molecule has 5 heteroatoms. The first kappa shape index (κ1) is 11.5. The molecular formula is C9H8Cl2F2O. The average molecular weight is 241 g/mol. The Morgan fingerprint density at radius 2 is 1.57 bits per heavy atom. The van der Waals surface area contributed by atoms with Crippen molar-refractivity contribution in [3.05, 3.63) is 27.2 Å². The van der Waals surface area contributed by atoms with Gasteiger partial charge in [0, 0.05) is 5.56 Å². The summed E-state index contributed by atoms with van der Waals surface area (Å²) in [6.07, 6.45) is 0. The summed E-state index contributed by atoms with van der Waals surface area (Å²) in [5.41, 5.74) is 0.0237. The molecule has 0 aliphatic rings. The van der Waals surface area contributed by atoms with E-state index in [2.05, 4.69) is 0 Å². The number of rotatable bonds is 1. The lowest BCUT2D eigenvalue weighted by Gasteiger charge is -2.12. The second-order valence-corrected chi connectivity index (χ2v) is 3.93. The van der Waals surface area contributed by atoms with E-state index in [4.69, 9.17) is 23.2 Å². The second-order valence-electron chi connectivity index (χ2n) is 3.17. The van der Waals surface area contributed by atoms with E-state index in [1.807, 2.05) is 0 Å². The number of benzene rings is 1. The Kier molecular flexibility index (Phi) is 3.22. The van der Waals surface area contributed by atoms with Gasteiger partial charge in [-0.3, -0.25) is 0 Å². The summed E-state index contributed by atoms with van der Waals surface area (Å²) in [5, 5.41) is 8.14. The Labute approximate surface area is 90.3 Å². The van der Waals surface area contributed by atoms with Crippen molar-refractivity contribution in [3.8, 4) is 5.75 Å². The monoisotopic (exact) mass is 240 g/mol. The van der Waals surface area contributed by atoms with E-state index in [0.717, 1.165) is 0 Å². The van der Waals surface area contributed by atoms with Crippen LogP contribution in [0, 0.1) is 11.6 Å². The molecule has 0 atom stereocenters. The highest BCUT2D eigenvalue weighted by Gasteiger charge is 2.23. The van der Waals surface area contributed by atoms with Crippen molar-refractivity contribution >= 4 is 23.2 Å². The molecule has 0 aliphatic heterocycles. The van der Waals surface area contributed by atoms with E-state index < -0.39 is 22.4 Å². The van der Waals surface area contributed by atoms with Crippen molar-refractivity contribution in [2.45, 2.75) is 19.8 Å². The van der Waals surface area contributed by atoms with Crippen LogP contribution in [0.3, 0.4) is 0 Å². The maximum atomic E-state index is 13.4. The van der Waals surface area contributed by atoms with Crippen LogP contribution in [0.2, 0.25) is 10.0 Å². The Morgan fingerprint density at radius 3 is 2.00 bits per heavy atom. The van der Waals surface area contributed by atoms with Crippen molar-refractivity contribution in [1.29, 1.82) is 0 Å². The second kappa shape index (κ2) is 3.91. The van der Waals surface area contributed by atoms with Crippen LogP contribution in [-0.2, 0) is 0 Å². The van der Waals surface area contributed by atoms with Gasteiger partial charge in [0.1, 0.15) is 10.8 Å². The fraction of sp³-hybridized carbons (Fsp3) is 0.333. The summed E-state index contributed by atoms with van der Waals surface area (Å²) < 4.78 is 26.4. The zero-order valence-corrected chi connectivity index (χ0v) is 9.05. The predicted octanol–water partition coefficient (Wildman–Crippen LogP) is 4.10. The highest BCUT2D eigenvalue weighted by Crippen LogP contribution is 2.40. The molecule has 0 bridgehead atoms. The molecule has 0 aliphatic carbocycles. The third-order valence-corrected chi connectivity index (χ3v) is 2.57. The summed E-state index contributed by atoms with van der Waals surface area (Å²) in [6, 6.07) is 0. The van der Waals surface area contributed by atoms with Crippen molar-refractivity contribution in [3.63, 3.8) is 0 Å². The van der Waals surface area contributed by atoms with Gasteiger partial charge in [-0.1, -0.05) is 37.0 Å². The summed E-state index contributed by atoms with van der Waals surface area (Å²) in [4.78, 5) is 0. The Morgan fingerprint density at radius 1 is 1.07 bits per heavy atom. The van der Waals surface area contributed by atoms with Crippen LogP contribution < -0.4 is 0 Å². The molecule has 0 amide bonds. The van der Waals surface area contributed by atoms with Gasteiger partial charge >= 0.3 is 0 Å². The summed E-state index contributed by atoms with van der Waals surface area (Å²) >= 11 is 10.9. The Balaban J connectivity index is 3.60. The molecule has 1 nitrogen and oxygen atoms in total. The molecule has 0 aromatic heterocycles. The molecule has 0 saturated heterocycles. The van der Waals surface area contributed by atoms with Gasteiger partial charge in [0.25, 0.3) is 0 Å². The van der Waals surface area contributed by atoms with Crippen molar-refractivity contribution in [2.75, 3.05) is 0 Å². The van der Waals surface area contributed by atoms with E-state index >= 15 is 0 Å². The minimum atomic E-state index is -1.22. The van der Waals surface area contributed by atoms with Gasteiger partial charge in [-0.25, -0.2) is 8.78 Å². The van der Waals surface area contributed by atoms with E-state index in [1.165, 1.54) is 0 Å². The van der Waals surface area contributed by atoms with E-state index in [0.29, 0.717) is 0 Å². The molecule has 0 saturated carbocycles. The van der Waals surface area contributed by atoms with Gasteiger partial charge in [-0.2, -0.15) is 0 Å². The summed E-state index contributed by atoms with van der Waals surface area (Å²) in [7, 11) is 0. The number of phenols is 1. The third kappa shape index (κ3) is 1.66. The van der Waals surface area contributed by atoms with Crippen molar-refractivity contribution in [2.24, 2.45) is 0 Å². The summed E-state index contributed by atoms with van der Waals surface area (Å²) in [5.74, 6) is -3.23. The van der Waals surface area contributed by atoms with Gasteiger partial charge in [-0.15, -0.1) is 0 Å². The van der Waals surface area contributed by atoms with E-state index in [1.54, 1.807) is 13.8 Å². The quantitative estimate of drug-likeness (QED) is 0.579. The van der Waals surface area contributed by atoms with Crippen LogP contribution in [0.5, 0.6) is 5.75 Å². The Hall–Kier alpha value is -0.540. The van der Waals surface area contributed by atoms with E-state index in [9.17, 15) is 13.9 Å². The lowest BCUT2D eigenvalue weighted by Crippen LogP contribution is -1.98. The molecule has 1 rings (SSSR count). The van der Waals surface area contributed by atoms with Gasteiger partial charge in [0.05, 0.1) is 5.02 Å². The first-order valence-electron chi connectivity index (χ1n) is 3.92. The SMILES string of the molecule is CC(C)c1c(F)c(Cl)c(F)c(O)c1Cl. The first-order valence-corrected chi connectivity index (χ1v) is 4.68. The maximum absolute atomic E-state index is 13.4. The minimum Gasteiger partial charge on any atom is -0.504 e. The maximum Gasteiger partial charge on any atom is 0.187 e. The fourth-order valence-electron chi connectivity index (χ4n) is 1.15. The number of halogens is 4.